The van der Waals surface area contributed by atoms with Gasteiger partial charge in [0.25, 0.3) is 0 Å². The molecule has 0 amide bonds. The minimum absolute atomic E-state index is 0.143. The van der Waals surface area contributed by atoms with E-state index in [9.17, 15) is 4.79 Å². The highest BCUT2D eigenvalue weighted by molar-refractivity contribution is 8.01. The van der Waals surface area contributed by atoms with E-state index in [1.54, 1.807) is 11.3 Å². The van der Waals surface area contributed by atoms with Crippen molar-refractivity contribution in [2.24, 2.45) is 0 Å². The van der Waals surface area contributed by atoms with Crippen LogP contribution in [0.4, 0.5) is 0 Å². The monoisotopic (exact) mass is 230 g/mol. The Balaban J connectivity index is 2.64. The van der Waals surface area contributed by atoms with Gasteiger partial charge >= 0.3 is 5.97 Å². The van der Waals surface area contributed by atoms with Gasteiger partial charge in [0.05, 0.1) is 9.96 Å². The first-order valence-corrected chi connectivity index (χ1v) is 6.15. The highest BCUT2D eigenvalue weighted by Gasteiger charge is 2.16. The Morgan fingerprint density at radius 1 is 1.50 bits per heavy atom. The second-order valence-electron chi connectivity index (χ2n) is 4.05. The third kappa shape index (κ3) is 3.35. The number of carboxylic acid groups (broad SMARTS) is 1. The molecule has 0 radical (unpaired) electrons. The number of carbonyl (C=O) groups is 1. The Morgan fingerprint density at radius 2 is 2.14 bits per heavy atom. The zero-order valence-corrected chi connectivity index (χ0v) is 10.2. The molecule has 0 aliphatic carbocycles. The fourth-order valence-corrected chi connectivity index (χ4v) is 2.84. The maximum Gasteiger partial charge on any atom is 0.313 e. The summed E-state index contributed by atoms with van der Waals surface area (Å²) in [5.74, 6) is -0.620. The summed E-state index contributed by atoms with van der Waals surface area (Å²) in [4.78, 5) is 11.7. The van der Waals surface area contributed by atoms with Crippen molar-refractivity contribution in [3.63, 3.8) is 0 Å². The van der Waals surface area contributed by atoms with E-state index in [-0.39, 0.29) is 11.2 Å². The highest BCUT2D eigenvalue weighted by atomic mass is 32.2. The molecule has 0 aliphatic heterocycles. The molecule has 0 saturated carbocycles. The molecule has 0 atom stereocenters. The summed E-state index contributed by atoms with van der Waals surface area (Å²) in [7, 11) is 0. The molecule has 0 spiro atoms. The van der Waals surface area contributed by atoms with E-state index >= 15 is 0 Å². The molecule has 1 heterocycles. The summed E-state index contributed by atoms with van der Waals surface area (Å²) in [5.41, 5.74) is 0.159. The maximum absolute atomic E-state index is 10.4. The zero-order chi connectivity index (χ0) is 10.8. The predicted octanol–water partition coefficient (Wildman–Crippen LogP) is 3.22. The molecule has 14 heavy (non-hydrogen) atoms. The van der Waals surface area contributed by atoms with Crippen molar-refractivity contribution < 1.29 is 9.90 Å². The molecule has 1 N–H and O–H groups in total. The largest absolute Gasteiger partial charge is 0.481 e. The van der Waals surface area contributed by atoms with E-state index in [1.807, 2.05) is 6.07 Å². The van der Waals surface area contributed by atoms with Gasteiger partial charge in [0, 0.05) is 4.88 Å². The molecule has 1 aromatic heterocycles. The lowest BCUT2D eigenvalue weighted by Crippen LogP contribution is -2.07. The number of aliphatic carboxylic acids is 1. The van der Waals surface area contributed by atoms with Crippen LogP contribution in [0.3, 0.4) is 0 Å². The Bertz CT molecular complexity index is 323. The van der Waals surface area contributed by atoms with Crippen LogP contribution in [0.15, 0.2) is 16.3 Å². The van der Waals surface area contributed by atoms with Crippen molar-refractivity contribution in [2.75, 3.05) is 5.75 Å². The molecule has 0 unspecified atom stereocenters. The lowest BCUT2D eigenvalue weighted by molar-refractivity contribution is -0.133. The van der Waals surface area contributed by atoms with E-state index in [0.717, 1.165) is 4.21 Å². The molecular formula is C10H14O2S2. The fourth-order valence-electron chi connectivity index (χ4n) is 0.934. The highest BCUT2D eigenvalue weighted by Crippen LogP contribution is 2.34. The van der Waals surface area contributed by atoms with Gasteiger partial charge in [-0.1, -0.05) is 20.8 Å². The number of thioether (sulfide) groups is 1. The van der Waals surface area contributed by atoms with Crippen LogP contribution in [0.2, 0.25) is 0 Å². The standard InChI is InChI=1S/C10H14O2S2/c1-10(2,3)7-4-5-9(14-7)13-6-8(11)12/h4-5H,6H2,1-3H3,(H,11,12). The van der Waals surface area contributed by atoms with Crippen LogP contribution in [-0.2, 0) is 10.2 Å². The average molecular weight is 230 g/mol. The van der Waals surface area contributed by atoms with E-state index in [0.29, 0.717) is 0 Å². The first-order valence-electron chi connectivity index (χ1n) is 4.34. The number of hydrogen-bond donors (Lipinski definition) is 1. The van der Waals surface area contributed by atoms with Gasteiger partial charge < -0.3 is 5.11 Å². The molecule has 0 aliphatic rings. The molecule has 1 aromatic rings. The van der Waals surface area contributed by atoms with Crippen LogP contribution >= 0.6 is 23.1 Å². The van der Waals surface area contributed by atoms with Gasteiger partial charge in [0.1, 0.15) is 0 Å². The normalized spacial score (nSPS) is 11.6. The van der Waals surface area contributed by atoms with Crippen LogP contribution in [0, 0.1) is 0 Å². The Hall–Kier alpha value is -0.480. The van der Waals surface area contributed by atoms with Gasteiger partial charge in [-0.25, -0.2) is 0 Å². The lowest BCUT2D eigenvalue weighted by atomic mass is 9.95. The number of hydrogen-bond acceptors (Lipinski definition) is 3. The van der Waals surface area contributed by atoms with Crippen LogP contribution < -0.4 is 0 Å². The molecule has 0 bridgehead atoms. The topological polar surface area (TPSA) is 37.3 Å². The third-order valence-corrected chi connectivity index (χ3v) is 4.38. The third-order valence-electron chi connectivity index (χ3n) is 1.66. The first-order chi connectivity index (χ1) is 6.39. The van der Waals surface area contributed by atoms with Crippen LogP contribution in [0.25, 0.3) is 0 Å². The number of rotatable bonds is 3. The second kappa shape index (κ2) is 4.36. The lowest BCUT2D eigenvalue weighted by Gasteiger charge is -2.15. The first kappa shape index (κ1) is 11.6. The van der Waals surface area contributed by atoms with Crippen LogP contribution in [0.1, 0.15) is 25.6 Å². The Kier molecular flexibility index (Phi) is 3.61. The maximum atomic E-state index is 10.4. The summed E-state index contributed by atoms with van der Waals surface area (Å²) in [6.07, 6.45) is 0. The van der Waals surface area contributed by atoms with E-state index in [2.05, 4.69) is 26.8 Å². The van der Waals surface area contributed by atoms with Crippen molar-refractivity contribution in [1.29, 1.82) is 0 Å². The smallest absolute Gasteiger partial charge is 0.313 e. The molecule has 2 nitrogen and oxygen atoms in total. The van der Waals surface area contributed by atoms with Crippen molar-refractivity contribution in [2.45, 2.75) is 30.4 Å². The van der Waals surface area contributed by atoms with Gasteiger partial charge in [-0.05, 0) is 17.5 Å². The minimum Gasteiger partial charge on any atom is -0.481 e. The second-order valence-corrected chi connectivity index (χ2v) is 6.41. The predicted molar refractivity (Wildman–Crippen MR) is 61.4 cm³/mol. The zero-order valence-electron chi connectivity index (χ0n) is 8.53. The van der Waals surface area contributed by atoms with Crippen LogP contribution in [-0.4, -0.2) is 16.8 Å². The molecule has 1 rings (SSSR count). The molecule has 4 heteroatoms. The summed E-state index contributed by atoms with van der Waals surface area (Å²) in [5, 5.41) is 8.53. The average Bonchev–Trinajstić information content (AvgIpc) is 2.47. The minimum atomic E-state index is -0.763. The van der Waals surface area contributed by atoms with Crippen molar-refractivity contribution >= 4 is 29.1 Å². The summed E-state index contributed by atoms with van der Waals surface area (Å²) < 4.78 is 1.08. The van der Waals surface area contributed by atoms with Gasteiger partial charge in [-0.2, -0.15) is 0 Å². The molecule has 0 aromatic carbocycles. The van der Waals surface area contributed by atoms with Crippen LogP contribution in [0.5, 0.6) is 0 Å². The summed E-state index contributed by atoms with van der Waals surface area (Å²) in [6.45, 7) is 6.47. The Morgan fingerprint density at radius 3 is 2.57 bits per heavy atom. The fraction of sp³-hybridized carbons (Fsp3) is 0.500. The van der Waals surface area contributed by atoms with E-state index < -0.39 is 5.97 Å². The summed E-state index contributed by atoms with van der Waals surface area (Å²) >= 11 is 3.07. The van der Waals surface area contributed by atoms with Crippen molar-refractivity contribution in [1.82, 2.24) is 0 Å². The molecular weight excluding hydrogens is 216 g/mol. The number of carboxylic acids is 1. The van der Waals surface area contributed by atoms with Crippen molar-refractivity contribution in [3.05, 3.63) is 17.0 Å². The molecule has 0 saturated heterocycles. The molecule has 78 valence electrons. The van der Waals surface area contributed by atoms with Gasteiger partial charge in [0.2, 0.25) is 0 Å². The SMILES string of the molecule is CC(C)(C)c1ccc(SCC(=O)O)s1. The van der Waals surface area contributed by atoms with E-state index in [1.165, 1.54) is 16.6 Å². The number of thiophene rings is 1. The van der Waals surface area contributed by atoms with E-state index in [4.69, 9.17) is 5.11 Å². The van der Waals surface area contributed by atoms with Gasteiger partial charge in [-0.3, -0.25) is 4.79 Å². The van der Waals surface area contributed by atoms with Crippen molar-refractivity contribution in [3.8, 4) is 0 Å². The van der Waals surface area contributed by atoms with Gasteiger partial charge in [-0.15, -0.1) is 23.1 Å². The molecule has 0 fully saturated rings. The van der Waals surface area contributed by atoms with Gasteiger partial charge in [0.15, 0.2) is 0 Å². The Labute approximate surface area is 92.3 Å². The quantitative estimate of drug-likeness (QED) is 0.810. The summed E-state index contributed by atoms with van der Waals surface area (Å²) in [6, 6.07) is 4.08.